The quantitative estimate of drug-likeness (QED) is 0.450. The molecule has 0 unspecified atom stereocenters. The summed E-state index contributed by atoms with van der Waals surface area (Å²) in [6, 6.07) is 18.7. The van der Waals surface area contributed by atoms with Crippen LogP contribution in [0.2, 0.25) is 0 Å². The summed E-state index contributed by atoms with van der Waals surface area (Å²) in [5.74, 6) is 2.62. The van der Waals surface area contributed by atoms with Crippen LogP contribution in [-0.4, -0.2) is 57.0 Å². The Labute approximate surface area is 203 Å². The van der Waals surface area contributed by atoms with Crippen LogP contribution in [0, 0.1) is 5.92 Å². The zero-order valence-electron chi connectivity index (χ0n) is 21.0. The van der Waals surface area contributed by atoms with Gasteiger partial charge in [0.25, 0.3) is 0 Å². The van der Waals surface area contributed by atoms with Crippen molar-refractivity contribution in [1.29, 1.82) is 0 Å². The first-order valence-electron chi connectivity index (χ1n) is 12.6. The molecule has 34 heavy (non-hydrogen) atoms. The van der Waals surface area contributed by atoms with Gasteiger partial charge in [0.05, 0.1) is 17.6 Å². The average Bonchev–Trinajstić information content (AvgIpc) is 3.16. The van der Waals surface area contributed by atoms with Crippen molar-refractivity contribution in [2.24, 2.45) is 5.92 Å². The van der Waals surface area contributed by atoms with Gasteiger partial charge in [-0.1, -0.05) is 30.3 Å². The molecule has 3 aromatic rings. The number of hydrogen-bond acceptors (Lipinski definition) is 4. The van der Waals surface area contributed by atoms with Crippen molar-refractivity contribution in [3.05, 3.63) is 60.4 Å². The molecule has 1 aromatic heterocycles. The fourth-order valence-electron chi connectivity index (χ4n) is 5.13. The Morgan fingerprint density at radius 1 is 1.00 bits per heavy atom. The number of rotatable bonds is 9. The molecule has 2 heterocycles. The lowest BCUT2D eigenvalue weighted by Crippen LogP contribution is -2.48. The van der Waals surface area contributed by atoms with Crippen LogP contribution >= 0.6 is 0 Å². The fourth-order valence-corrected chi connectivity index (χ4v) is 5.13. The van der Waals surface area contributed by atoms with Gasteiger partial charge in [-0.25, -0.2) is 4.98 Å². The zero-order chi connectivity index (χ0) is 24.1. The first-order valence-corrected chi connectivity index (χ1v) is 12.6. The molecule has 182 valence electrons. The summed E-state index contributed by atoms with van der Waals surface area (Å²) < 4.78 is 8.38. The third-order valence-electron chi connectivity index (χ3n) is 6.75. The summed E-state index contributed by atoms with van der Waals surface area (Å²) in [5, 5.41) is 0. The summed E-state index contributed by atoms with van der Waals surface area (Å²) in [6.07, 6.45) is 2.17. The number of ether oxygens (including phenoxy) is 1. The summed E-state index contributed by atoms with van der Waals surface area (Å²) in [4.78, 5) is 22.1. The summed E-state index contributed by atoms with van der Waals surface area (Å²) in [7, 11) is 0. The van der Waals surface area contributed by atoms with Crippen LogP contribution in [0.25, 0.3) is 11.0 Å². The number of imidazole rings is 1. The summed E-state index contributed by atoms with van der Waals surface area (Å²) in [6.45, 7) is 12.2. The smallest absolute Gasteiger partial charge is 0.237 e. The minimum absolute atomic E-state index is 0.232. The van der Waals surface area contributed by atoms with E-state index in [1.807, 2.05) is 41.3 Å². The maximum atomic E-state index is 12.9. The molecule has 1 saturated heterocycles. The largest absolute Gasteiger partial charge is 0.486 e. The van der Waals surface area contributed by atoms with Gasteiger partial charge in [0.2, 0.25) is 5.91 Å². The Kier molecular flexibility index (Phi) is 7.88. The second kappa shape index (κ2) is 11.0. The molecule has 0 radical (unpaired) electrons. The van der Waals surface area contributed by atoms with E-state index in [4.69, 9.17) is 9.72 Å². The second-order valence-electron chi connectivity index (χ2n) is 9.94. The summed E-state index contributed by atoms with van der Waals surface area (Å²) in [5.41, 5.74) is 2.18. The Hall–Kier alpha value is -2.86. The number of carbonyl (C=O) groups excluding carboxylic acids is 1. The predicted molar refractivity (Wildman–Crippen MR) is 137 cm³/mol. The van der Waals surface area contributed by atoms with Gasteiger partial charge in [-0.2, -0.15) is 0 Å². The molecule has 6 nitrogen and oxygen atoms in total. The van der Waals surface area contributed by atoms with E-state index in [-0.39, 0.29) is 18.0 Å². The van der Waals surface area contributed by atoms with Gasteiger partial charge in [0.1, 0.15) is 18.2 Å². The van der Waals surface area contributed by atoms with Crippen LogP contribution in [0.15, 0.2) is 54.6 Å². The Bertz CT molecular complexity index is 1060. The van der Waals surface area contributed by atoms with E-state index in [0.29, 0.717) is 19.1 Å². The highest BCUT2D eigenvalue weighted by molar-refractivity contribution is 5.79. The van der Waals surface area contributed by atoms with Crippen LogP contribution in [0.5, 0.6) is 5.75 Å². The van der Waals surface area contributed by atoms with Gasteiger partial charge in [-0.15, -0.1) is 0 Å². The molecule has 0 aliphatic carbocycles. The SMILES string of the molecule is CC(C)N(C(=O)CN1CCC(Cn2c(COc3ccccc3)nc3ccccc32)CC1)C(C)C. The second-order valence-corrected chi connectivity index (χ2v) is 9.94. The number of piperidine rings is 1. The number of nitrogens with zero attached hydrogens (tertiary/aromatic N) is 4. The molecule has 4 rings (SSSR count). The highest BCUT2D eigenvalue weighted by Crippen LogP contribution is 2.25. The first kappa shape index (κ1) is 24.3. The van der Waals surface area contributed by atoms with Crippen LogP contribution < -0.4 is 4.74 Å². The van der Waals surface area contributed by atoms with Crippen molar-refractivity contribution in [3.63, 3.8) is 0 Å². The van der Waals surface area contributed by atoms with E-state index in [1.54, 1.807) is 0 Å². The van der Waals surface area contributed by atoms with E-state index < -0.39 is 0 Å². The van der Waals surface area contributed by atoms with Crippen LogP contribution in [0.3, 0.4) is 0 Å². The number of para-hydroxylation sites is 3. The highest BCUT2D eigenvalue weighted by atomic mass is 16.5. The lowest BCUT2D eigenvalue weighted by Gasteiger charge is -2.36. The molecule has 2 aromatic carbocycles. The first-order chi connectivity index (χ1) is 16.4. The van der Waals surface area contributed by atoms with E-state index in [0.717, 1.165) is 55.1 Å². The van der Waals surface area contributed by atoms with Crippen molar-refractivity contribution in [2.75, 3.05) is 19.6 Å². The fraction of sp³-hybridized carbons (Fsp3) is 0.500. The van der Waals surface area contributed by atoms with E-state index in [9.17, 15) is 4.79 Å². The lowest BCUT2D eigenvalue weighted by atomic mass is 9.96. The molecule has 1 amide bonds. The van der Waals surface area contributed by atoms with Gasteiger partial charge in [-0.3, -0.25) is 9.69 Å². The molecule has 6 heteroatoms. The molecule has 0 bridgehead atoms. The molecule has 0 N–H and O–H groups in total. The molecule has 0 atom stereocenters. The van der Waals surface area contributed by atoms with E-state index in [1.165, 1.54) is 0 Å². The van der Waals surface area contributed by atoms with Crippen LogP contribution in [-0.2, 0) is 17.9 Å². The molecule has 0 spiro atoms. The van der Waals surface area contributed by atoms with Crippen LogP contribution in [0.1, 0.15) is 46.4 Å². The van der Waals surface area contributed by atoms with Gasteiger partial charge < -0.3 is 14.2 Å². The number of fused-ring (bicyclic) bond motifs is 1. The summed E-state index contributed by atoms with van der Waals surface area (Å²) >= 11 is 0. The van der Waals surface area contributed by atoms with Crippen molar-refractivity contribution < 1.29 is 9.53 Å². The topological polar surface area (TPSA) is 50.6 Å². The third kappa shape index (κ3) is 5.79. The monoisotopic (exact) mass is 462 g/mol. The Morgan fingerprint density at radius 3 is 2.32 bits per heavy atom. The number of aromatic nitrogens is 2. The van der Waals surface area contributed by atoms with Gasteiger partial charge in [-0.05, 0) is 83.8 Å². The number of benzene rings is 2. The van der Waals surface area contributed by atoms with Gasteiger partial charge >= 0.3 is 0 Å². The van der Waals surface area contributed by atoms with Crippen molar-refractivity contribution in [1.82, 2.24) is 19.4 Å². The van der Waals surface area contributed by atoms with Gasteiger partial charge in [0.15, 0.2) is 0 Å². The number of carbonyl (C=O) groups is 1. The molecule has 1 fully saturated rings. The van der Waals surface area contributed by atoms with Gasteiger partial charge in [0, 0.05) is 18.6 Å². The van der Waals surface area contributed by atoms with E-state index in [2.05, 4.69) is 55.4 Å². The van der Waals surface area contributed by atoms with E-state index >= 15 is 0 Å². The maximum absolute atomic E-state index is 12.9. The predicted octanol–water partition coefficient (Wildman–Crippen LogP) is 4.97. The maximum Gasteiger partial charge on any atom is 0.237 e. The average molecular weight is 463 g/mol. The third-order valence-corrected chi connectivity index (χ3v) is 6.75. The molecule has 1 aliphatic rings. The zero-order valence-corrected chi connectivity index (χ0v) is 21.0. The minimum Gasteiger partial charge on any atom is -0.486 e. The number of amides is 1. The molecular weight excluding hydrogens is 424 g/mol. The van der Waals surface area contributed by atoms with Crippen molar-refractivity contribution in [3.8, 4) is 5.75 Å². The van der Waals surface area contributed by atoms with Crippen molar-refractivity contribution in [2.45, 2.75) is 65.8 Å². The molecular formula is C28H38N4O2. The number of hydrogen-bond donors (Lipinski definition) is 0. The molecule has 0 saturated carbocycles. The number of likely N-dealkylation sites (tertiary alicyclic amines) is 1. The van der Waals surface area contributed by atoms with Crippen LogP contribution in [0.4, 0.5) is 0 Å². The Balaban J connectivity index is 1.39. The molecule has 1 aliphatic heterocycles. The normalized spacial score (nSPS) is 15.4. The highest BCUT2D eigenvalue weighted by Gasteiger charge is 2.26. The standard InChI is InChI=1S/C28H38N4O2/c1-21(2)32(22(3)4)28(33)19-30-16-14-23(15-17-30)18-31-26-13-9-8-12-25(26)29-27(31)20-34-24-10-6-5-7-11-24/h5-13,21-23H,14-20H2,1-4H3. The lowest BCUT2D eigenvalue weighted by molar-refractivity contribution is -0.136. The Morgan fingerprint density at radius 2 is 1.65 bits per heavy atom. The van der Waals surface area contributed by atoms with Crippen molar-refractivity contribution >= 4 is 16.9 Å². The minimum atomic E-state index is 0.232.